The second-order valence-corrected chi connectivity index (χ2v) is 8.65. The summed E-state index contributed by atoms with van der Waals surface area (Å²) in [5.41, 5.74) is 5.78. The van der Waals surface area contributed by atoms with Gasteiger partial charge in [0.2, 0.25) is 0 Å². The highest BCUT2D eigenvalue weighted by molar-refractivity contribution is 5.86. The standard InChI is InChI=1S/C24H35N3/c1-7-12-27-23-11-9-8-10-21(23)22(24(27)18(4)5)13-19(6)15-26-16-20(14-25-26)17(2)3/h8-11,14,16-19H,7,12-13,15H2,1-6H3. The Morgan fingerprint density at radius 3 is 2.37 bits per heavy atom. The Bertz CT molecular complexity index is 882. The second kappa shape index (κ2) is 8.33. The van der Waals surface area contributed by atoms with Gasteiger partial charge in [-0.25, -0.2) is 0 Å². The zero-order valence-corrected chi connectivity index (χ0v) is 17.9. The third-order valence-corrected chi connectivity index (χ3v) is 5.49. The van der Waals surface area contributed by atoms with Crippen LogP contribution in [0, 0.1) is 5.92 Å². The highest BCUT2D eigenvalue weighted by Crippen LogP contribution is 2.33. The van der Waals surface area contributed by atoms with Crippen LogP contribution >= 0.6 is 0 Å². The summed E-state index contributed by atoms with van der Waals surface area (Å²) in [6.07, 6.45) is 6.50. The molecule has 3 rings (SSSR count). The van der Waals surface area contributed by atoms with Gasteiger partial charge in [-0.05, 0) is 47.8 Å². The summed E-state index contributed by atoms with van der Waals surface area (Å²) < 4.78 is 4.69. The summed E-state index contributed by atoms with van der Waals surface area (Å²) in [6, 6.07) is 8.94. The van der Waals surface area contributed by atoms with Crippen LogP contribution < -0.4 is 0 Å². The number of nitrogens with zero attached hydrogens (tertiary/aromatic N) is 3. The van der Waals surface area contributed by atoms with Gasteiger partial charge in [0, 0.05) is 35.9 Å². The first kappa shape index (κ1) is 19.7. The molecule has 2 heterocycles. The van der Waals surface area contributed by atoms with Crippen LogP contribution in [-0.4, -0.2) is 14.3 Å². The van der Waals surface area contributed by atoms with Crippen molar-refractivity contribution in [2.45, 2.75) is 79.3 Å². The highest BCUT2D eigenvalue weighted by atomic mass is 15.3. The van der Waals surface area contributed by atoms with Crippen LogP contribution in [0.1, 0.15) is 76.6 Å². The lowest BCUT2D eigenvalue weighted by Gasteiger charge is -2.17. The first-order valence-electron chi connectivity index (χ1n) is 10.5. The Morgan fingerprint density at radius 1 is 1.00 bits per heavy atom. The number of hydrogen-bond acceptors (Lipinski definition) is 1. The van der Waals surface area contributed by atoms with Crippen LogP contribution in [0.25, 0.3) is 10.9 Å². The molecule has 0 aliphatic carbocycles. The molecule has 0 radical (unpaired) electrons. The summed E-state index contributed by atoms with van der Waals surface area (Å²) in [7, 11) is 0. The van der Waals surface area contributed by atoms with Crippen molar-refractivity contribution < 1.29 is 0 Å². The molecule has 0 saturated heterocycles. The molecule has 0 fully saturated rings. The quantitative estimate of drug-likeness (QED) is 0.454. The van der Waals surface area contributed by atoms with Gasteiger partial charge in [-0.15, -0.1) is 0 Å². The second-order valence-electron chi connectivity index (χ2n) is 8.65. The molecule has 2 aromatic heterocycles. The molecule has 0 aliphatic rings. The molecule has 3 heteroatoms. The van der Waals surface area contributed by atoms with Crippen molar-refractivity contribution in [3.05, 3.63) is 53.5 Å². The van der Waals surface area contributed by atoms with Crippen LogP contribution in [0.4, 0.5) is 0 Å². The van der Waals surface area contributed by atoms with E-state index in [2.05, 4.69) is 86.4 Å². The lowest BCUT2D eigenvalue weighted by molar-refractivity contribution is 0.446. The van der Waals surface area contributed by atoms with E-state index in [0.717, 1.165) is 19.5 Å². The SMILES string of the molecule is CCCn1c(C(C)C)c(CC(C)Cn2cc(C(C)C)cn2)c2ccccc21. The predicted octanol–water partition coefficient (Wildman–Crippen LogP) is 6.37. The zero-order chi connectivity index (χ0) is 19.6. The number of aromatic nitrogens is 3. The van der Waals surface area contributed by atoms with Crippen LogP contribution in [0.3, 0.4) is 0 Å². The van der Waals surface area contributed by atoms with E-state index >= 15 is 0 Å². The van der Waals surface area contributed by atoms with E-state index in [0.29, 0.717) is 17.8 Å². The third kappa shape index (κ3) is 4.12. The molecular formula is C24H35N3. The van der Waals surface area contributed by atoms with Gasteiger partial charge in [0.15, 0.2) is 0 Å². The fourth-order valence-electron chi connectivity index (χ4n) is 4.24. The largest absolute Gasteiger partial charge is 0.344 e. The summed E-state index contributed by atoms with van der Waals surface area (Å²) in [6.45, 7) is 15.8. The van der Waals surface area contributed by atoms with Gasteiger partial charge >= 0.3 is 0 Å². The maximum atomic E-state index is 4.59. The van der Waals surface area contributed by atoms with E-state index in [-0.39, 0.29) is 0 Å². The Kier molecular flexibility index (Phi) is 6.08. The molecule has 0 aliphatic heterocycles. The smallest absolute Gasteiger partial charge is 0.0524 e. The average molecular weight is 366 g/mol. The molecule has 0 saturated carbocycles. The van der Waals surface area contributed by atoms with Gasteiger partial charge in [0.05, 0.1) is 6.20 Å². The maximum Gasteiger partial charge on any atom is 0.0524 e. The van der Waals surface area contributed by atoms with Gasteiger partial charge in [-0.2, -0.15) is 5.10 Å². The lowest BCUT2D eigenvalue weighted by atomic mass is 9.94. The molecular weight excluding hydrogens is 330 g/mol. The summed E-state index contributed by atoms with van der Waals surface area (Å²) in [4.78, 5) is 0. The number of para-hydroxylation sites is 1. The monoisotopic (exact) mass is 365 g/mol. The van der Waals surface area contributed by atoms with Crippen LogP contribution in [0.5, 0.6) is 0 Å². The fourth-order valence-corrected chi connectivity index (χ4v) is 4.24. The highest BCUT2D eigenvalue weighted by Gasteiger charge is 2.20. The first-order chi connectivity index (χ1) is 12.9. The Morgan fingerprint density at radius 2 is 1.74 bits per heavy atom. The number of benzene rings is 1. The first-order valence-corrected chi connectivity index (χ1v) is 10.5. The van der Waals surface area contributed by atoms with Crippen LogP contribution in [0.2, 0.25) is 0 Å². The van der Waals surface area contributed by atoms with E-state index in [1.54, 1.807) is 0 Å². The van der Waals surface area contributed by atoms with Crippen LogP contribution in [0.15, 0.2) is 36.7 Å². The number of hydrogen-bond donors (Lipinski definition) is 0. The van der Waals surface area contributed by atoms with E-state index in [1.807, 2.05) is 6.20 Å². The maximum absolute atomic E-state index is 4.59. The van der Waals surface area contributed by atoms with E-state index < -0.39 is 0 Å². The van der Waals surface area contributed by atoms with Crippen LogP contribution in [-0.2, 0) is 19.5 Å². The fraction of sp³-hybridized carbons (Fsp3) is 0.542. The van der Waals surface area contributed by atoms with Gasteiger partial charge < -0.3 is 4.57 Å². The minimum absolute atomic E-state index is 0.531. The van der Waals surface area contributed by atoms with Gasteiger partial charge in [-0.3, -0.25) is 4.68 Å². The molecule has 27 heavy (non-hydrogen) atoms. The van der Waals surface area contributed by atoms with Gasteiger partial charge in [0.1, 0.15) is 0 Å². The van der Waals surface area contributed by atoms with E-state index in [1.165, 1.54) is 34.1 Å². The molecule has 0 spiro atoms. The van der Waals surface area contributed by atoms with Crippen molar-refractivity contribution >= 4 is 10.9 Å². The summed E-state index contributed by atoms with van der Waals surface area (Å²) >= 11 is 0. The number of rotatable bonds is 8. The third-order valence-electron chi connectivity index (χ3n) is 5.49. The topological polar surface area (TPSA) is 22.8 Å². The molecule has 3 nitrogen and oxygen atoms in total. The van der Waals surface area contributed by atoms with Crippen molar-refractivity contribution in [3.63, 3.8) is 0 Å². The average Bonchev–Trinajstić information content (AvgIpc) is 3.19. The normalized spacial score (nSPS) is 13.2. The Hall–Kier alpha value is -2.03. The number of fused-ring (bicyclic) bond motifs is 1. The minimum Gasteiger partial charge on any atom is -0.344 e. The minimum atomic E-state index is 0.531. The molecule has 146 valence electrons. The lowest BCUT2D eigenvalue weighted by Crippen LogP contribution is -2.13. The van der Waals surface area contributed by atoms with Gasteiger partial charge in [-0.1, -0.05) is 59.7 Å². The Labute approximate surface area is 164 Å². The van der Waals surface area contributed by atoms with Crippen molar-refractivity contribution in [1.29, 1.82) is 0 Å². The molecule has 1 aromatic carbocycles. The molecule has 1 unspecified atom stereocenters. The van der Waals surface area contributed by atoms with E-state index in [4.69, 9.17) is 0 Å². The Balaban J connectivity index is 1.91. The number of aryl methyl sites for hydroxylation is 1. The zero-order valence-electron chi connectivity index (χ0n) is 17.9. The predicted molar refractivity (Wildman–Crippen MR) is 116 cm³/mol. The van der Waals surface area contributed by atoms with E-state index in [9.17, 15) is 0 Å². The molecule has 0 bridgehead atoms. The van der Waals surface area contributed by atoms with Crippen molar-refractivity contribution in [1.82, 2.24) is 14.3 Å². The van der Waals surface area contributed by atoms with Crippen molar-refractivity contribution in [2.75, 3.05) is 0 Å². The molecule has 0 amide bonds. The summed E-state index contributed by atoms with van der Waals surface area (Å²) in [5.74, 6) is 1.61. The molecule has 3 aromatic rings. The molecule has 1 atom stereocenters. The van der Waals surface area contributed by atoms with Crippen molar-refractivity contribution in [2.24, 2.45) is 5.92 Å². The summed E-state index contributed by atoms with van der Waals surface area (Å²) in [5, 5.41) is 6.02. The van der Waals surface area contributed by atoms with Crippen molar-refractivity contribution in [3.8, 4) is 0 Å². The molecule has 0 N–H and O–H groups in total. The van der Waals surface area contributed by atoms with Gasteiger partial charge in [0.25, 0.3) is 0 Å².